The molecular formula is C14H15ClN2S. The van der Waals surface area contributed by atoms with Gasteiger partial charge in [-0.1, -0.05) is 29.4 Å². The summed E-state index contributed by atoms with van der Waals surface area (Å²) in [5.74, 6) is 0. The lowest BCUT2D eigenvalue weighted by Crippen LogP contribution is -1.88. The van der Waals surface area contributed by atoms with Crippen molar-refractivity contribution in [1.29, 1.82) is 0 Å². The van der Waals surface area contributed by atoms with Crippen molar-refractivity contribution in [2.75, 3.05) is 0 Å². The van der Waals surface area contributed by atoms with Crippen LogP contribution in [-0.4, -0.2) is 9.78 Å². The zero-order valence-corrected chi connectivity index (χ0v) is 12.2. The molecule has 4 heteroatoms. The highest BCUT2D eigenvalue weighted by atomic mass is 35.5. The van der Waals surface area contributed by atoms with Crippen LogP contribution in [0.5, 0.6) is 0 Å². The predicted octanol–water partition coefficient (Wildman–Crippen LogP) is 4.65. The average molecular weight is 279 g/mol. The molecule has 94 valence electrons. The molecule has 0 aliphatic carbocycles. The van der Waals surface area contributed by atoms with Gasteiger partial charge in [0.25, 0.3) is 0 Å². The van der Waals surface area contributed by atoms with Crippen molar-refractivity contribution in [3.8, 4) is 0 Å². The molecule has 0 bridgehead atoms. The number of aryl methyl sites for hydroxylation is 1. The molecule has 0 aliphatic heterocycles. The minimum absolute atomic E-state index is 0.760. The second-order valence-electron chi connectivity index (χ2n) is 4.04. The van der Waals surface area contributed by atoms with Crippen LogP contribution in [0.25, 0.3) is 5.57 Å². The summed E-state index contributed by atoms with van der Waals surface area (Å²) in [5.41, 5.74) is 2.23. The first-order valence-electron chi connectivity index (χ1n) is 5.70. The van der Waals surface area contributed by atoms with Crippen molar-refractivity contribution in [2.24, 2.45) is 7.05 Å². The van der Waals surface area contributed by atoms with Crippen LogP contribution in [0.2, 0.25) is 5.02 Å². The molecule has 0 amide bonds. The molecule has 0 N–H and O–H groups in total. The van der Waals surface area contributed by atoms with Gasteiger partial charge in [-0.05, 0) is 43.7 Å². The summed E-state index contributed by atoms with van der Waals surface area (Å²) < 4.78 is 1.85. The maximum atomic E-state index is 5.89. The van der Waals surface area contributed by atoms with Crippen LogP contribution in [0.4, 0.5) is 0 Å². The van der Waals surface area contributed by atoms with Gasteiger partial charge in [0.05, 0.1) is 4.90 Å². The number of halogens is 1. The first-order valence-corrected chi connectivity index (χ1v) is 6.90. The summed E-state index contributed by atoms with van der Waals surface area (Å²) >= 11 is 7.59. The SMILES string of the molecule is C/C=C(\C)c1nn(C)cc1Sc1ccc(Cl)cc1. The summed E-state index contributed by atoms with van der Waals surface area (Å²) in [5, 5.41) is 5.26. The van der Waals surface area contributed by atoms with Crippen molar-refractivity contribution < 1.29 is 0 Å². The van der Waals surface area contributed by atoms with Crippen LogP contribution in [0, 0.1) is 0 Å². The molecule has 0 fully saturated rings. The van der Waals surface area contributed by atoms with E-state index >= 15 is 0 Å². The van der Waals surface area contributed by atoms with E-state index in [-0.39, 0.29) is 0 Å². The quantitative estimate of drug-likeness (QED) is 0.813. The summed E-state index contributed by atoms with van der Waals surface area (Å²) in [6.45, 7) is 4.11. The molecule has 2 aromatic rings. The van der Waals surface area contributed by atoms with Gasteiger partial charge in [-0.2, -0.15) is 5.10 Å². The second-order valence-corrected chi connectivity index (χ2v) is 5.60. The van der Waals surface area contributed by atoms with Crippen molar-refractivity contribution in [3.05, 3.63) is 47.3 Å². The largest absolute Gasteiger partial charge is 0.274 e. The highest BCUT2D eigenvalue weighted by molar-refractivity contribution is 7.99. The predicted molar refractivity (Wildman–Crippen MR) is 78.1 cm³/mol. The molecule has 0 spiro atoms. The normalized spacial score (nSPS) is 11.9. The Bertz CT molecular complexity index is 570. The lowest BCUT2D eigenvalue weighted by Gasteiger charge is -2.02. The fraction of sp³-hybridized carbons (Fsp3) is 0.214. The second kappa shape index (κ2) is 5.63. The van der Waals surface area contributed by atoms with Gasteiger partial charge in [-0.25, -0.2) is 0 Å². The Labute approximate surface area is 117 Å². The summed E-state index contributed by atoms with van der Waals surface area (Å²) in [7, 11) is 1.94. The van der Waals surface area contributed by atoms with E-state index in [2.05, 4.69) is 18.1 Å². The Hall–Kier alpha value is -1.19. The van der Waals surface area contributed by atoms with Gasteiger partial charge in [0.2, 0.25) is 0 Å². The van der Waals surface area contributed by atoms with Crippen LogP contribution in [0.15, 0.2) is 46.3 Å². The summed E-state index contributed by atoms with van der Waals surface area (Å²) in [4.78, 5) is 2.33. The van der Waals surface area contributed by atoms with Gasteiger partial charge in [0.1, 0.15) is 5.69 Å². The fourth-order valence-electron chi connectivity index (χ4n) is 1.58. The third kappa shape index (κ3) is 2.98. The van der Waals surface area contributed by atoms with Crippen molar-refractivity contribution in [3.63, 3.8) is 0 Å². The minimum atomic E-state index is 0.760. The molecular weight excluding hydrogens is 264 g/mol. The van der Waals surface area contributed by atoms with Gasteiger partial charge in [-0.3, -0.25) is 4.68 Å². The van der Waals surface area contributed by atoms with Gasteiger partial charge in [0, 0.05) is 23.2 Å². The highest BCUT2D eigenvalue weighted by Gasteiger charge is 2.10. The third-order valence-corrected chi connectivity index (χ3v) is 3.92. The molecule has 2 nitrogen and oxygen atoms in total. The average Bonchev–Trinajstić information content (AvgIpc) is 2.72. The van der Waals surface area contributed by atoms with Crippen molar-refractivity contribution in [2.45, 2.75) is 23.6 Å². The number of allylic oxidation sites excluding steroid dienone is 2. The zero-order valence-electron chi connectivity index (χ0n) is 10.6. The van der Waals surface area contributed by atoms with Crippen LogP contribution in [0.1, 0.15) is 19.5 Å². The summed E-state index contributed by atoms with van der Waals surface area (Å²) in [6.07, 6.45) is 4.12. The molecule has 0 unspecified atom stereocenters. The molecule has 1 aromatic carbocycles. The Kier molecular flexibility index (Phi) is 4.15. The summed E-state index contributed by atoms with van der Waals surface area (Å²) in [6, 6.07) is 7.86. The van der Waals surface area contributed by atoms with Crippen LogP contribution in [0.3, 0.4) is 0 Å². The number of benzene rings is 1. The first-order chi connectivity index (χ1) is 8.60. The molecule has 18 heavy (non-hydrogen) atoms. The molecule has 0 saturated heterocycles. The van der Waals surface area contributed by atoms with Gasteiger partial charge >= 0.3 is 0 Å². The fourth-order valence-corrected chi connectivity index (χ4v) is 2.74. The van der Waals surface area contributed by atoms with Crippen LogP contribution in [-0.2, 0) is 7.05 Å². The van der Waals surface area contributed by atoms with E-state index in [1.165, 1.54) is 5.57 Å². The van der Waals surface area contributed by atoms with E-state index in [4.69, 9.17) is 11.6 Å². The monoisotopic (exact) mass is 278 g/mol. The topological polar surface area (TPSA) is 17.8 Å². The Morgan fingerprint density at radius 3 is 2.61 bits per heavy atom. The van der Waals surface area contributed by atoms with Crippen molar-refractivity contribution in [1.82, 2.24) is 9.78 Å². The standard InChI is InChI=1S/C14H15ClN2S/c1-4-10(2)14-13(9-17(3)16-14)18-12-7-5-11(15)6-8-12/h4-9H,1-3H3/b10-4+. The molecule has 1 heterocycles. The molecule has 0 atom stereocenters. The van der Waals surface area contributed by atoms with Gasteiger partial charge in [-0.15, -0.1) is 0 Å². The number of aromatic nitrogens is 2. The molecule has 0 aliphatic rings. The lowest BCUT2D eigenvalue weighted by atomic mass is 10.2. The van der Waals surface area contributed by atoms with Gasteiger partial charge < -0.3 is 0 Å². The van der Waals surface area contributed by atoms with Crippen molar-refractivity contribution >= 4 is 28.9 Å². The minimum Gasteiger partial charge on any atom is -0.274 e. The molecule has 1 aromatic heterocycles. The smallest absolute Gasteiger partial charge is 0.102 e. The Morgan fingerprint density at radius 1 is 1.33 bits per heavy atom. The number of hydrogen-bond acceptors (Lipinski definition) is 2. The van der Waals surface area contributed by atoms with E-state index < -0.39 is 0 Å². The maximum absolute atomic E-state index is 5.89. The van der Waals surface area contributed by atoms with E-state index in [9.17, 15) is 0 Å². The number of nitrogens with zero attached hydrogens (tertiary/aromatic N) is 2. The van der Waals surface area contributed by atoms with E-state index in [0.29, 0.717) is 0 Å². The van der Waals surface area contributed by atoms with E-state index in [1.807, 2.05) is 49.1 Å². The van der Waals surface area contributed by atoms with E-state index in [0.717, 1.165) is 20.5 Å². The molecule has 0 saturated carbocycles. The lowest BCUT2D eigenvalue weighted by molar-refractivity contribution is 0.762. The van der Waals surface area contributed by atoms with Crippen LogP contribution < -0.4 is 0 Å². The Morgan fingerprint density at radius 2 is 2.00 bits per heavy atom. The van der Waals surface area contributed by atoms with E-state index in [1.54, 1.807) is 11.8 Å². The van der Waals surface area contributed by atoms with Crippen LogP contribution >= 0.6 is 23.4 Å². The number of hydrogen-bond donors (Lipinski definition) is 0. The highest BCUT2D eigenvalue weighted by Crippen LogP contribution is 2.33. The first kappa shape index (κ1) is 13.2. The zero-order chi connectivity index (χ0) is 13.1. The molecule has 2 rings (SSSR count). The molecule has 0 radical (unpaired) electrons. The number of rotatable bonds is 3. The third-order valence-electron chi connectivity index (χ3n) is 2.64. The van der Waals surface area contributed by atoms with Gasteiger partial charge in [0.15, 0.2) is 0 Å². The maximum Gasteiger partial charge on any atom is 0.102 e. The Balaban J connectivity index is 2.31.